The number of rotatable bonds is 8. The molecule has 1 aromatic carbocycles. The minimum atomic E-state index is -0.160. The lowest BCUT2D eigenvalue weighted by Gasteiger charge is -2.21. The third kappa shape index (κ3) is 6.28. The number of hydrogen-bond acceptors (Lipinski definition) is 6. The molecule has 1 saturated carbocycles. The molecule has 9 nitrogen and oxygen atoms in total. The summed E-state index contributed by atoms with van der Waals surface area (Å²) in [5, 5.41) is 5.88. The number of imidazole rings is 1. The summed E-state index contributed by atoms with van der Waals surface area (Å²) in [6.45, 7) is 9.17. The third-order valence-corrected chi connectivity index (χ3v) is 6.87. The molecule has 2 atom stereocenters. The number of nitrogens with one attached hydrogen (secondary N) is 2. The number of nitrogens with two attached hydrogens (primary N) is 1. The maximum atomic E-state index is 12.2. The highest BCUT2D eigenvalue weighted by Crippen LogP contribution is 2.36. The number of hydrogen-bond donors (Lipinski definition) is 3. The number of nitrogens with zero attached hydrogens (tertiary/aromatic N) is 5. The summed E-state index contributed by atoms with van der Waals surface area (Å²) in [7, 11) is 2.16. The number of nitrogen functional groups attached to an aromatic ring is 1. The molecule has 0 aliphatic heterocycles. The van der Waals surface area contributed by atoms with Gasteiger partial charge in [-0.1, -0.05) is 32.9 Å². The van der Waals surface area contributed by atoms with Gasteiger partial charge in [-0.15, -0.1) is 0 Å². The fraction of sp³-hybridized carbons (Fsp3) is 0.538. The molecular formula is C26H38N8O. The largest absolute Gasteiger partial charge is 0.382 e. The van der Waals surface area contributed by atoms with Crippen molar-refractivity contribution in [3.63, 3.8) is 0 Å². The van der Waals surface area contributed by atoms with Crippen molar-refractivity contribution in [3.8, 4) is 0 Å². The second kappa shape index (κ2) is 10.6. The van der Waals surface area contributed by atoms with Crippen molar-refractivity contribution in [1.29, 1.82) is 0 Å². The summed E-state index contributed by atoms with van der Waals surface area (Å²) >= 11 is 0. The van der Waals surface area contributed by atoms with E-state index in [1.807, 2.05) is 18.5 Å². The molecule has 2 heterocycles. The maximum absolute atomic E-state index is 12.2. The monoisotopic (exact) mass is 478 g/mol. The van der Waals surface area contributed by atoms with Crippen molar-refractivity contribution in [3.05, 3.63) is 42.5 Å². The Morgan fingerprint density at radius 1 is 1.17 bits per heavy atom. The molecule has 4 N–H and O–H groups in total. The van der Waals surface area contributed by atoms with E-state index in [0.717, 1.165) is 43.7 Å². The predicted octanol–water partition coefficient (Wildman–Crippen LogP) is 4.19. The van der Waals surface area contributed by atoms with Crippen molar-refractivity contribution in [2.24, 2.45) is 5.92 Å². The van der Waals surface area contributed by atoms with Gasteiger partial charge in [-0.05, 0) is 68.3 Å². The fourth-order valence-corrected chi connectivity index (χ4v) is 4.92. The van der Waals surface area contributed by atoms with Gasteiger partial charge in [0.25, 0.3) is 0 Å². The molecule has 1 fully saturated rings. The Morgan fingerprint density at radius 2 is 1.94 bits per heavy atom. The average Bonchev–Trinajstić information content (AvgIpc) is 3.44. The molecule has 0 saturated heterocycles. The molecule has 188 valence electrons. The van der Waals surface area contributed by atoms with Gasteiger partial charge in [-0.2, -0.15) is 0 Å². The van der Waals surface area contributed by atoms with Gasteiger partial charge in [-0.25, -0.2) is 19.7 Å². The lowest BCUT2D eigenvalue weighted by molar-refractivity contribution is 0.248. The number of benzene rings is 1. The van der Waals surface area contributed by atoms with Crippen LogP contribution in [0.25, 0.3) is 11.2 Å². The minimum absolute atomic E-state index is 0.101. The summed E-state index contributed by atoms with van der Waals surface area (Å²) in [5.41, 5.74) is 9.60. The van der Waals surface area contributed by atoms with Gasteiger partial charge in [0.2, 0.25) is 0 Å². The van der Waals surface area contributed by atoms with Crippen LogP contribution in [-0.2, 0) is 5.41 Å². The maximum Gasteiger partial charge on any atom is 0.319 e. The highest BCUT2D eigenvalue weighted by Gasteiger charge is 2.28. The van der Waals surface area contributed by atoms with Gasteiger partial charge in [0.05, 0.1) is 6.33 Å². The molecule has 9 heteroatoms. The number of fused-ring (bicyclic) bond motifs is 1. The second-order valence-corrected chi connectivity index (χ2v) is 10.7. The molecule has 2 aromatic heterocycles. The summed E-state index contributed by atoms with van der Waals surface area (Å²) in [4.78, 5) is 27.4. The Labute approximate surface area is 207 Å². The van der Waals surface area contributed by atoms with Crippen LogP contribution in [0, 0.1) is 5.92 Å². The molecule has 35 heavy (non-hydrogen) atoms. The van der Waals surface area contributed by atoms with E-state index in [0.29, 0.717) is 29.8 Å². The number of anilines is 2. The van der Waals surface area contributed by atoms with E-state index in [2.05, 4.69) is 75.0 Å². The number of carbonyl (C=O) groups excluding carboxylic acids is 1. The van der Waals surface area contributed by atoms with Crippen LogP contribution in [0.3, 0.4) is 0 Å². The zero-order valence-corrected chi connectivity index (χ0v) is 21.3. The highest BCUT2D eigenvalue weighted by molar-refractivity contribution is 5.89. The zero-order valence-electron chi connectivity index (χ0n) is 21.3. The SMILES string of the molecule is CN(CCCNC(=O)Nc1ccc(C(C)(C)C)cc1)CC1CCC(n2cnc3c(N)ncnc32)C1. The Kier molecular flexibility index (Phi) is 7.54. The molecule has 3 aromatic rings. The van der Waals surface area contributed by atoms with Crippen molar-refractivity contribution >= 4 is 28.7 Å². The van der Waals surface area contributed by atoms with Crippen LogP contribution in [0.5, 0.6) is 0 Å². The summed E-state index contributed by atoms with van der Waals surface area (Å²) < 4.78 is 2.16. The molecule has 4 rings (SSSR count). The van der Waals surface area contributed by atoms with Crippen molar-refractivity contribution in [2.45, 2.75) is 57.9 Å². The second-order valence-electron chi connectivity index (χ2n) is 10.7. The van der Waals surface area contributed by atoms with E-state index in [4.69, 9.17) is 5.73 Å². The van der Waals surface area contributed by atoms with Gasteiger partial charge in [0, 0.05) is 24.8 Å². The topological polar surface area (TPSA) is 114 Å². The lowest BCUT2D eigenvalue weighted by atomic mass is 9.87. The summed E-state index contributed by atoms with van der Waals surface area (Å²) in [6.07, 6.45) is 7.67. The Balaban J connectivity index is 1.15. The average molecular weight is 479 g/mol. The first-order valence-corrected chi connectivity index (χ1v) is 12.5. The standard InChI is InChI=1S/C26H38N8O/c1-26(2,3)19-7-9-20(10-8-19)32-25(35)28-12-5-13-33(4)15-18-6-11-21(14-18)34-17-31-22-23(27)29-16-30-24(22)34/h7-10,16-18,21H,5-6,11-15H2,1-4H3,(H2,27,29,30)(H2,28,32,35). The third-order valence-electron chi connectivity index (χ3n) is 6.87. The molecule has 1 aliphatic carbocycles. The van der Waals surface area contributed by atoms with Gasteiger partial charge in [0.1, 0.15) is 11.8 Å². The van der Waals surface area contributed by atoms with E-state index in [9.17, 15) is 4.79 Å². The molecule has 0 radical (unpaired) electrons. The molecule has 0 spiro atoms. The number of aromatic nitrogens is 4. The molecule has 0 bridgehead atoms. The van der Waals surface area contributed by atoms with Crippen LogP contribution in [0.4, 0.5) is 16.3 Å². The van der Waals surface area contributed by atoms with Crippen molar-refractivity contribution < 1.29 is 4.79 Å². The summed E-state index contributed by atoms with van der Waals surface area (Å²) in [5.74, 6) is 1.07. The predicted molar refractivity (Wildman–Crippen MR) is 140 cm³/mol. The van der Waals surface area contributed by atoms with Crippen LogP contribution >= 0.6 is 0 Å². The lowest BCUT2D eigenvalue weighted by Crippen LogP contribution is -2.32. The van der Waals surface area contributed by atoms with Crippen LogP contribution in [0.15, 0.2) is 36.9 Å². The van der Waals surface area contributed by atoms with Gasteiger partial charge >= 0.3 is 6.03 Å². The molecule has 2 unspecified atom stereocenters. The zero-order chi connectivity index (χ0) is 25.0. The Morgan fingerprint density at radius 3 is 2.69 bits per heavy atom. The van der Waals surface area contributed by atoms with E-state index >= 15 is 0 Å². The summed E-state index contributed by atoms with van der Waals surface area (Å²) in [6, 6.07) is 8.28. The van der Waals surface area contributed by atoms with E-state index < -0.39 is 0 Å². The van der Waals surface area contributed by atoms with Crippen LogP contribution in [-0.4, -0.2) is 57.1 Å². The Bertz CT molecular complexity index is 1130. The minimum Gasteiger partial charge on any atom is -0.382 e. The smallest absolute Gasteiger partial charge is 0.319 e. The molecule has 1 aliphatic rings. The van der Waals surface area contributed by atoms with E-state index in [-0.39, 0.29) is 11.4 Å². The van der Waals surface area contributed by atoms with Crippen LogP contribution in [0.1, 0.15) is 58.1 Å². The van der Waals surface area contributed by atoms with E-state index in [1.165, 1.54) is 18.3 Å². The number of carbonyl (C=O) groups is 1. The first-order chi connectivity index (χ1) is 16.7. The van der Waals surface area contributed by atoms with E-state index in [1.54, 1.807) is 0 Å². The number of amides is 2. The first-order valence-electron chi connectivity index (χ1n) is 12.5. The highest BCUT2D eigenvalue weighted by atomic mass is 16.2. The number of urea groups is 1. The van der Waals surface area contributed by atoms with Gasteiger partial charge < -0.3 is 25.8 Å². The molecule has 2 amide bonds. The first kappa shape index (κ1) is 24.9. The Hall–Kier alpha value is -3.20. The van der Waals surface area contributed by atoms with Gasteiger partial charge in [0.15, 0.2) is 11.5 Å². The quantitative estimate of drug-likeness (QED) is 0.418. The van der Waals surface area contributed by atoms with Crippen LogP contribution in [0.2, 0.25) is 0 Å². The van der Waals surface area contributed by atoms with Crippen molar-refractivity contribution in [2.75, 3.05) is 37.7 Å². The van der Waals surface area contributed by atoms with Crippen LogP contribution < -0.4 is 16.4 Å². The fourth-order valence-electron chi connectivity index (χ4n) is 4.92. The normalized spacial score (nSPS) is 18.3. The molecular weight excluding hydrogens is 440 g/mol. The van der Waals surface area contributed by atoms with Crippen molar-refractivity contribution in [1.82, 2.24) is 29.7 Å². The van der Waals surface area contributed by atoms with Gasteiger partial charge in [-0.3, -0.25) is 0 Å².